The highest BCUT2D eigenvalue weighted by Crippen LogP contribution is 2.00. The third-order valence-electron chi connectivity index (χ3n) is 1.65. The van der Waals surface area contributed by atoms with Gasteiger partial charge in [0.25, 0.3) is 0 Å². The highest BCUT2D eigenvalue weighted by Gasteiger charge is 2.22. The molecule has 0 radical (unpaired) electrons. The van der Waals surface area contributed by atoms with Crippen molar-refractivity contribution in [2.75, 3.05) is 5.75 Å². The first kappa shape index (κ1) is 14.3. The maximum Gasteiger partial charge on any atom is 0.243 e. The van der Waals surface area contributed by atoms with Crippen LogP contribution in [0.1, 0.15) is 34.1 Å². The Labute approximate surface area is 96.6 Å². The minimum atomic E-state index is -0.556. The number of carbonyl (C=O) groups is 2. The average molecular weight is 232 g/mol. The molecule has 0 aromatic heterocycles. The van der Waals surface area contributed by atoms with Crippen LogP contribution in [0, 0.1) is 0 Å². The lowest BCUT2D eigenvalue weighted by atomic mass is 10.1. The standard InChI is InChI=1S/C10H20N2O2S/c1-5-8(13)11-7(6-15)9(14)12-10(2,3)4/h7,15H,5-6H2,1-4H3,(H,11,13)(H,12,14). The summed E-state index contributed by atoms with van der Waals surface area (Å²) < 4.78 is 0. The van der Waals surface area contributed by atoms with Gasteiger partial charge in [0.05, 0.1) is 0 Å². The van der Waals surface area contributed by atoms with Gasteiger partial charge in [0.15, 0.2) is 0 Å². The minimum absolute atomic E-state index is 0.141. The smallest absolute Gasteiger partial charge is 0.243 e. The summed E-state index contributed by atoms with van der Waals surface area (Å²) in [7, 11) is 0. The molecule has 1 atom stereocenters. The normalized spacial score (nSPS) is 13.1. The number of rotatable bonds is 4. The van der Waals surface area contributed by atoms with Gasteiger partial charge in [-0.25, -0.2) is 0 Å². The van der Waals surface area contributed by atoms with Gasteiger partial charge in [0.1, 0.15) is 6.04 Å². The second kappa shape index (κ2) is 6.00. The quantitative estimate of drug-likeness (QED) is 0.626. The number of carbonyl (C=O) groups excluding carboxylic acids is 2. The Balaban J connectivity index is 4.29. The van der Waals surface area contributed by atoms with Crippen molar-refractivity contribution in [2.24, 2.45) is 0 Å². The van der Waals surface area contributed by atoms with Gasteiger partial charge in [-0.05, 0) is 20.8 Å². The molecule has 0 aromatic rings. The number of hydrogen-bond acceptors (Lipinski definition) is 3. The Morgan fingerprint density at radius 1 is 1.33 bits per heavy atom. The number of nitrogens with one attached hydrogen (secondary N) is 2. The second-order valence-corrected chi connectivity index (χ2v) is 4.76. The van der Waals surface area contributed by atoms with Gasteiger partial charge in [-0.15, -0.1) is 0 Å². The predicted octanol–water partition coefficient (Wildman–Crippen LogP) is 0.726. The maximum absolute atomic E-state index is 11.7. The Bertz CT molecular complexity index is 236. The summed E-state index contributed by atoms with van der Waals surface area (Å²) in [4.78, 5) is 22.8. The average Bonchev–Trinajstić information content (AvgIpc) is 2.10. The molecule has 0 saturated carbocycles. The van der Waals surface area contributed by atoms with Crippen molar-refractivity contribution in [1.29, 1.82) is 0 Å². The van der Waals surface area contributed by atoms with Gasteiger partial charge >= 0.3 is 0 Å². The van der Waals surface area contributed by atoms with Gasteiger partial charge in [-0.1, -0.05) is 6.92 Å². The van der Waals surface area contributed by atoms with E-state index in [0.717, 1.165) is 0 Å². The van der Waals surface area contributed by atoms with E-state index in [2.05, 4.69) is 23.3 Å². The fraction of sp³-hybridized carbons (Fsp3) is 0.800. The molecule has 0 heterocycles. The van der Waals surface area contributed by atoms with E-state index in [0.29, 0.717) is 12.2 Å². The first-order valence-corrected chi connectivity index (χ1v) is 5.65. The van der Waals surface area contributed by atoms with Gasteiger partial charge in [-0.2, -0.15) is 12.6 Å². The van der Waals surface area contributed by atoms with E-state index in [-0.39, 0.29) is 17.4 Å². The molecule has 0 aliphatic rings. The molecule has 0 saturated heterocycles. The fourth-order valence-corrected chi connectivity index (χ4v) is 1.20. The number of amides is 2. The lowest BCUT2D eigenvalue weighted by molar-refractivity contribution is -0.129. The van der Waals surface area contributed by atoms with Crippen LogP contribution in [0.4, 0.5) is 0 Å². The van der Waals surface area contributed by atoms with Crippen LogP contribution in [0.3, 0.4) is 0 Å². The van der Waals surface area contributed by atoms with Crippen molar-refractivity contribution in [1.82, 2.24) is 10.6 Å². The van der Waals surface area contributed by atoms with E-state index in [1.54, 1.807) is 6.92 Å². The molecule has 15 heavy (non-hydrogen) atoms. The summed E-state index contributed by atoms with van der Waals surface area (Å²) >= 11 is 4.04. The van der Waals surface area contributed by atoms with Crippen molar-refractivity contribution in [3.63, 3.8) is 0 Å². The molecule has 5 heteroatoms. The van der Waals surface area contributed by atoms with Crippen molar-refractivity contribution >= 4 is 24.4 Å². The molecule has 1 unspecified atom stereocenters. The summed E-state index contributed by atoms with van der Waals surface area (Å²) in [5.74, 6) is -0.0365. The molecule has 0 aromatic carbocycles. The zero-order chi connectivity index (χ0) is 12.1. The third kappa shape index (κ3) is 6.38. The molecule has 0 fully saturated rings. The Morgan fingerprint density at radius 2 is 1.87 bits per heavy atom. The monoisotopic (exact) mass is 232 g/mol. The van der Waals surface area contributed by atoms with E-state index >= 15 is 0 Å². The van der Waals surface area contributed by atoms with Crippen LogP contribution in [0.5, 0.6) is 0 Å². The summed E-state index contributed by atoms with van der Waals surface area (Å²) in [6.07, 6.45) is 0.368. The summed E-state index contributed by atoms with van der Waals surface area (Å²) in [5, 5.41) is 5.41. The zero-order valence-electron chi connectivity index (χ0n) is 9.76. The van der Waals surface area contributed by atoms with Crippen LogP contribution in [0.25, 0.3) is 0 Å². The molecule has 0 aliphatic heterocycles. The summed E-state index contributed by atoms with van der Waals surface area (Å²) in [6.45, 7) is 7.42. The first-order valence-electron chi connectivity index (χ1n) is 5.02. The molecule has 0 rings (SSSR count). The van der Waals surface area contributed by atoms with Crippen LogP contribution in [-0.2, 0) is 9.59 Å². The Morgan fingerprint density at radius 3 is 2.20 bits per heavy atom. The molecule has 88 valence electrons. The molecule has 0 aliphatic carbocycles. The molecule has 0 spiro atoms. The summed E-state index contributed by atoms with van der Waals surface area (Å²) in [6, 6.07) is -0.556. The molecule has 2 N–H and O–H groups in total. The first-order chi connectivity index (χ1) is 6.80. The number of thiol groups is 1. The molecule has 2 amide bonds. The van der Waals surface area contributed by atoms with E-state index in [1.165, 1.54) is 0 Å². The molecule has 4 nitrogen and oxygen atoms in total. The third-order valence-corrected chi connectivity index (χ3v) is 2.02. The highest BCUT2D eigenvalue weighted by molar-refractivity contribution is 7.80. The van der Waals surface area contributed by atoms with Gasteiger partial charge in [0.2, 0.25) is 11.8 Å². The minimum Gasteiger partial charge on any atom is -0.350 e. The topological polar surface area (TPSA) is 58.2 Å². The zero-order valence-corrected chi connectivity index (χ0v) is 10.6. The SMILES string of the molecule is CCC(=O)NC(CS)C(=O)NC(C)(C)C. The van der Waals surface area contributed by atoms with E-state index in [4.69, 9.17) is 0 Å². The lowest BCUT2D eigenvalue weighted by Gasteiger charge is -2.24. The van der Waals surface area contributed by atoms with Crippen LogP contribution < -0.4 is 10.6 Å². The molecular formula is C10H20N2O2S. The van der Waals surface area contributed by atoms with Crippen LogP contribution in [0.15, 0.2) is 0 Å². The van der Waals surface area contributed by atoms with Gasteiger partial charge < -0.3 is 10.6 Å². The lowest BCUT2D eigenvalue weighted by Crippen LogP contribution is -2.52. The molecular weight excluding hydrogens is 212 g/mol. The summed E-state index contributed by atoms with van der Waals surface area (Å²) in [5.41, 5.74) is -0.296. The van der Waals surface area contributed by atoms with E-state index < -0.39 is 6.04 Å². The van der Waals surface area contributed by atoms with Crippen molar-refractivity contribution < 1.29 is 9.59 Å². The van der Waals surface area contributed by atoms with Crippen LogP contribution in [0.2, 0.25) is 0 Å². The Hall–Kier alpha value is -0.710. The van der Waals surface area contributed by atoms with Crippen LogP contribution in [-0.4, -0.2) is 29.1 Å². The van der Waals surface area contributed by atoms with Gasteiger partial charge in [-0.3, -0.25) is 9.59 Å². The van der Waals surface area contributed by atoms with Gasteiger partial charge in [0, 0.05) is 17.7 Å². The van der Waals surface area contributed by atoms with Crippen molar-refractivity contribution in [2.45, 2.75) is 45.7 Å². The Kier molecular flexibility index (Phi) is 5.72. The second-order valence-electron chi connectivity index (χ2n) is 4.40. The predicted molar refractivity (Wildman–Crippen MR) is 64.0 cm³/mol. The molecule has 0 bridgehead atoms. The van der Waals surface area contributed by atoms with Crippen LogP contribution >= 0.6 is 12.6 Å². The van der Waals surface area contributed by atoms with Crippen molar-refractivity contribution in [3.8, 4) is 0 Å². The van der Waals surface area contributed by atoms with Crippen molar-refractivity contribution in [3.05, 3.63) is 0 Å². The largest absolute Gasteiger partial charge is 0.350 e. The fourth-order valence-electron chi connectivity index (χ4n) is 0.947. The maximum atomic E-state index is 11.7. The van der Waals surface area contributed by atoms with E-state index in [9.17, 15) is 9.59 Å². The number of hydrogen-bond donors (Lipinski definition) is 3. The van der Waals surface area contributed by atoms with E-state index in [1.807, 2.05) is 20.8 Å². The highest BCUT2D eigenvalue weighted by atomic mass is 32.1.